The Balaban J connectivity index is 1.88. The second-order valence-electron chi connectivity index (χ2n) is 7.62. The molecule has 0 heterocycles. The summed E-state index contributed by atoms with van der Waals surface area (Å²) in [6, 6.07) is 26.9. The van der Waals surface area contributed by atoms with Crippen molar-refractivity contribution in [2.45, 2.75) is 18.3 Å². The van der Waals surface area contributed by atoms with Crippen LogP contribution in [0.4, 0.5) is 0 Å². The monoisotopic (exact) mass is 443 g/mol. The molecule has 152 valence electrons. The van der Waals surface area contributed by atoms with E-state index < -0.39 is 5.41 Å². The van der Waals surface area contributed by atoms with Crippen molar-refractivity contribution in [1.29, 1.82) is 5.26 Å². The number of hydrogen-bond acceptors (Lipinski definition) is 2. The van der Waals surface area contributed by atoms with Gasteiger partial charge in [-0.1, -0.05) is 89.9 Å². The molecule has 0 amide bonds. The predicted octanol–water partition coefficient (Wildman–Crippen LogP) is 7.28. The molecule has 3 aromatic rings. The fourth-order valence-corrected chi connectivity index (χ4v) is 4.36. The number of nitrogens with zero attached hydrogens (tertiary/aromatic N) is 1. The van der Waals surface area contributed by atoms with Gasteiger partial charge >= 0.3 is 0 Å². The van der Waals surface area contributed by atoms with E-state index in [-0.39, 0.29) is 5.78 Å². The summed E-state index contributed by atoms with van der Waals surface area (Å²) in [5.74, 6) is -0.0818. The highest BCUT2D eigenvalue weighted by Crippen LogP contribution is 2.44. The van der Waals surface area contributed by atoms with Crippen LogP contribution in [0.1, 0.15) is 29.5 Å². The van der Waals surface area contributed by atoms with Crippen molar-refractivity contribution in [3.8, 4) is 6.07 Å². The van der Waals surface area contributed by atoms with Crippen LogP contribution in [0.3, 0.4) is 0 Å². The Morgan fingerprint density at radius 3 is 1.65 bits per heavy atom. The average molecular weight is 444 g/mol. The zero-order valence-electron chi connectivity index (χ0n) is 16.7. The highest BCUT2D eigenvalue weighted by atomic mass is 35.5. The summed E-state index contributed by atoms with van der Waals surface area (Å²) in [6.45, 7) is 0. The quantitative estimate of drug-likeness (QED) is 0.398. The molecule has 0 atom stereocenters. The smallest absolute Gasteiger partial charge is 0.185 e. The zero-order chi connectivity index (χ0) is 21.8. The Kier molecular flexibility index (Phi) is 6.09. The molecule has 1 fully saturated rings. The first-order chi connectivity index (χ1) is 15.0. The van der Waals surface area contributed by atoms with Gasteiger partial charge in [-0.25, -0.2) is 0 Å². The van der Waals surface area contributed by atoms with Crippen LogP contribution in [0.25, 0.3) is 12.2 Å². The second kappa shape index (κ2) is 8.94. The average Bonchev–Trinajstić information content (AvgIpc) is 2.80. The number of allylic oxidation sites excluding steroid dienone is 2. The lowest BCUT2D eigenvalue weighted by atomic mass is 9.66. The maximum atomic E-state index is 13.5. The van der Waals surface area contributed by atoms with Crippen LogP contribution < -0.4 is 0 Å². The van der Waals surface area contributed by atoms with Crippen molar-refractivity contribution >= 4 is 41.1 Å². The third-order valence-corrected chi connectivity index (χ3v) is 6.27. The molecule has 2 nitrogen and oxygen atoms in total. The van der Waals surface area contributed by atoms with Gasteiger partial charge in [-0.3, -0.25) is 4.79 Å². The van der Waals surface area contributed by atoms with Gasteiger partial charge in [0.25, 0.3) is 0 Å². The standard InChI is InChI=1S/C27H19Cl2NO/c28-24-12-6-4-8-19(24)14-21-16-27(18-30,23-10-2-1-3-11-23)17-22(26(21)31)15-20-9-5-7-13-25(20)29/h1-15H,16-17H2. The van der Waals surface area contributed by atoms with E-state index in [1.165, 1.54) is 0 Å². The Bertz CT molecular complexity index is 1170. The number of rotatable bonds is 3. The van der Waals surface area contributed by atoms with Crippen molar-refractivity contribution < 1.29 is 4.79 Å². The van der Waals surface area contributed by atoms with Gasteiger partial charge in [0.15, 0.2) is 5.78 Å². The normalized spacial score (nSPS) is 21.3. The first-order valence-electron chi connectivity index (χ1n) is 9.94. The lowest BCUT2D eigenvalue weighted by molar-refractivity contribution is -0.113. The second-order valence-corrected chi connectivity index (χ2v) is 8.44. The summed E-state index contributed by atoms with van der Waals surface area (Å²) < 4.78 is 0. The number of hydrogen-bond donors (Lipinski definition) is 0. The number of nitriles is 1. The molecule has 0 aromatic heterocycles. The summed E-state index contributed by atoms with van der Waals surface area (Å²) in [5.41, 5.74) is 2.67. The van der Waals surface area contributed by atoms with Crippen LogP contribution >= 0.6 is 23.2 Å². The number of Topliss-reactive ketones (excluding diaryl/α,β-unsaturated/α-hetero) is 1. The molecule has 4 heteroatoms. The minimum Gasteiger partial charge on any atom is -0.289 e. The summed E-state index contributed by atoms with van der Waals surface area (Å²) in [5, 5.41) is 11.4. The van der Waals surface area contributed by atoms with E-state index in [9.17, 15) is 10.1 Å². The van der Waals surface area contributed by atoms with Crippen LogP contribution in [0.15, 0.2) is 90.0 Å². The third kappa shape index (κ3) is 4.35. The molecule has 0 unspecified atom stereocenters. The highest BCUT2D eigenvalue weighted by Gasteiger charge is 2.41. The molecule has 0 radical (unpaired) electrons. The Labute approximate surface area is 192 Å². The number of benzene rings is 3. The molecule has 0 saturated heterocycles. The molecular formula is C27H19Cl2NO. The van der Waals surface area contributed by atoms with E-state index in [1.54, 1.807) is 24.3 Å². The van der Waals surface area contributed by atoms with Crippen molar-refractivity contribution in [1.82, 2.24) is 0 Å². The van der Waals surface area contributed by atoms with E-state index in [0.29, 0.717) is 34.0 Å². The predicted molar refractivity (Wildman–Crippen MR) is 127 cm³/mol. The van der Waals surface area contributed by atoms with Gasteiger partial charge in [0.2, 0.25) is 0 Å². The Morgan fingerprint density at radius 2 is 1.19 bits per heavy atom. The third-order valence-electron chi connectivity index (χ3n) is 5.58. The largest absolute Gasteiger partial charge is 0.289 e. The van der Waals surface area contributed by atoms with Crippen LogP contribution in [-0.2, 0) is 10.2 Å². The summed E-state index contributed by atoms with van der Waals surface area (Å²) in [7, 11) is 0. The Hall–Kier alpha value is -3.12. The van der Waals surface area contributed by atoms with Crippen molar-refractivity contribution in [2.75, 3.05) is 0 Å². The first-order valence-corrected chi connectivity index (χ1v) is 10.7. The minimum absolute atomic E-state index is 0.0818. The van der Waals surface area contributed by atoms with Gasteiger partial charge in [-0.2, -0.15) is 5.26 Å². The molecule has 1 aliphatic rings. The fraction of sp³-hybridized carbons (Fsp3) is 0.111. The number of carbonyl (C=O) groups excluding carboxylic acids is 1. The van der Waals surface area contributed by atoms with E-state index in [0.717, 1.165) is 16.7 Å². The minimum atomic E-state index is -0.852. The molecule has 0 aliphatic heterocycles. The van der Waals surface area contributed by atoms with Gasteiger partial charge in [0, 0.05) is 21.2 Å². The van der Waals surface area contributed by atoms with Gasteiger partial charge in [0.1, 0.15) is 0 Å². The Morgan fingerprint density at radius 1 is 0.742 bits per heavy atom. The maximum Gasteiger partial charge on any atom is 0.185 e. The first kappa shape index (κ1) is 21.1. The van der Waals surface area contributed by atoms with Gasteiger partial charge < -0.3 is 0 Å². The topological polar surface area (TPSA) is 40.9 Å². The van der Waals surface area contributed by atoms with Gasteiger partial charge in [-0.15, -0.1) is 0 Å². The fourth-order valence-electron chi connectivity index (χ4n) is 3.98. The molecule has 1 aliphatic carbocycles. The summed E-state index contributed by atoms with van der Waals surface area (Å²) in [4.78, 5) is 13.5. The summed E-state index contributed by atoms with van der Waals surface area (Å²) in [6.07, 6.45) is 4.24. The lowest BCUT2D eigenvalue weighted by Gasteiger charge is -2.34. The SMILES string of the molecule is N#CC1(c2ccccc2)CC(=Cc2ccccc2Cl)C(=O)C(=Cc2ccccc2Cl)C1. The maximum absolute atomic E-state index is 13.5. The van der Waals surface area contributed by atoms with Crippen LogP contribution in [-0.4, -0.2) is 5.78 Å². The molecule has 0 N–H and O–H groups in total. The van der Waals surface area contributed by atoms with Crippen LogP contribution in [0, 0.1) is 11.3 Å². The molecule has 4 rings (SSSR count). The number of halogens is 2. The van der Waals surface area contributed by atoms with Gasteiger partial charge in [-0.05, 0) is 53.8 Å². The van der Waals surface area contributed by atoms with E-state index in [2.05, 4.69) is 6.07 Å². The van der Waals surface area contributed by atoms with E-state index >= 15 is 0 Å². The van der Waals surface area contributed by atoms with E-state index in [4.69, 9.17) is 23.2 Å². The molecule has 3 aromatic carbocycles. The molecule has 31 heavy (non-hydrogen) atoms. The van der Waals surface area contributed by atoms with Crippen LogP contribution in [0.5, 0.6) is 0 Å². The zero-order valence-corrected chi connectivity index (χ0v) is 18.2. The molecular weight excluding hydrogens is 425 g/mol. The molecule has 1 saturated carbocycles. The van der Waals surface area contributed by atoms with Crippen LogP contribution in [0.2, 0.25) is 10.0 Å². The number of carbonyl (C=O) groups is 1. The van der Waals surface area contributed by atoms with Crippen molar-refractivity contribution in [3.63, 3.8) is 0 Å². The molecule has 0 bridgehead atoms. The number of ketones is 1. The lowest BCUT2D eigenvalue weighted by Crippen LogP contribution is -2.33. The van der Waals surface area contributed by atoms with Crippen molar-refractivity contribution in [3.05, 3.63) is 117 Å². The van der Waals surface area contributed by atoms with Gasteiger partial charge in [0.05, 0.1) is 11.5 Å². The van der Waals surface area contributed by atoms with Crippen molar-refractivity contribution in [2.24, 2.45) is 0 Å². The van der Waals surface area contributed by atoms with E-state index in [1.807, 2.05) is 66.7 Å². The highest BCUT2D eigenvalue weighted by molar-refractivity contribution is 6.33. The summed E-state index contributed by atoms with van der Waals surface area (Å²) >= 11 is 12.7. The molecule has 0 spiro atoms.